The topological polar surface area (TPSA) is 63.2 Å². The first-order valence-corrected chi connectivity index (χ1v) is 7.55. The highest BCUT2D eigenvalue weighted by Gasteiger charge is 2.20. The third kappa shape index (κ3) is 6.99. The first kappa shape index (κ1) is 14.6. The van der Waals surface area contributed by atoms with Gasteiger partial charge in [-0.1, -0.05) is 43.8 Å². The molecule has 0 aromatic carbocycles. The molecule has 0 saturated carbocycles. The molecule has 0 heterocycles. The van der Waals surface area contributed by atoms with Crippen LogP contribution in [0.2, 0.25) is 0 Å². The standard InChI is InChI=1S/C9H20BrO3P/c1-3-9(10,4-2)7-5-6-8-14(11,12)13/h3-8H2,1-2H3,(H2,11,12,13)/p-2. The summed E-state index contributed by atoms with van der Waals surface area (Å²) in [6, 6.07) is 0. The summed E-state index contributed by atoms with van der Waals surface area (Å²) in [5.41, 5.74) is 0. The van der Waals surface area contributed by atoms with Crippen LogP contribution in [0.25, 0.3) is 0 Å². The van der Waals surface area contributed by atoms with Crippen LogP contribution < -0.4 is 9.79 Å². The third-order valence-corrected chi connectivity index (χ3v) is 4.96. The molecular weight excluding hydrogens is 267 g/mol. The fourth-order valence-electron chi connectivity index (χ4n) is 1.35. The molecule has 0 aliphatic heterocycles. The third-order valence-electron chi connectivity index (χ3n) is 2.57. The Balaban J connectivity index is 3.68. The maximum absolute atomic E-state index is 10.4. The van der Waals surface area contributed by atoms with E-state index in [0.29, 0.717) is 6.42 Å². The van der Waals surface area contributed by atoms with Crippen LogP contribution in [0.4, 0.5) is 0 Å². The van der Waals surface area contributed by atoms with Gasteiger partial charge in [-0.25, -0.2) is 0 Å². The molecule has 0 fully saturated rings. The number of rotatable bonds is 7. The quantitative estimate of drug-likeness (QED) is 0.408. The summed E-state index contributed by atoms with van der Waals surface area (Å²) in [6.07, 6.45) is 4.05. The zero-order valence-electron chi connectivity index (χ0n) is 8.79. The van der Waals surface area contributed by atoms with Gasteiger partial charge in [-0.15, -0.1) is 0 Å². The van der Waals surface area contributed by atoms with Gasteiger partial charge in [-0.3, -0.25) is 0 Å². The van der Waals surface area contributed by atoms with Crippen molar-refractivity contribution in [1.29, 1.82) is 0 Å². The molecule has 0 aromatic rings. The van der Waals surface area contributed by atoms with Crippen LogP contribution in [0.3, 0.4) is 0 Å². The Morgan fingerprint density at radius 1 is 1.21 bits per heavy atom. The smallest absolute Gasteiger partial charge is 0.0252 e. The minimum atomic E-state index is -4.28. The molecular formula is C9H18BrO3P-2. The van der Waals surface area contributed by atoms with Crippen molar-refractivity contribution in [3.05, 3.63) is 0 Å². The second kappa shape index (κ2) is 6.26. The summed E-state index contributed by atoms with van der Waals surface area (Å²) in [5.74, 6) is 0. The minimum Gasteiger partial charge on any atom is -0.811 e. The molecule has 0 radical (unpaired) electrons. The molecule has 0 aliphatic rings. The fraction of sp³-hybridized carbons (Fsp3) is 1.00. The second-order valence-electron chi connectivity index (χ2n) is 3.65. The van der Waals surface area contributed by atoms with Crippen LogP contribution in [0.15, 0.2) is 0 Å². The van der Waals surface area contributed by atoms with E-state index in [1.807, 2.05) is 0 Å². The summed E-state index contributed by atoms with van der Waals surface area (Å²) >= 11 is 3.64. The molecule has 0 atom stereocenters. The Hall–Kier alpha value is 0.630. The minimum absolute atomic E-state index is 0.128. The molecule has 0 rings (SSSR count). The Morgan fingerprint density at radius 3 is 2.07 bits per heavy atom. The van der Waals surface area contributed by atoms with Crippen molar-refractivity contribution in [3.63, 3.8) is 0 Å². The zero-order chi connectivity index (χ0) is 11.2. The van der Waals surface area contributed by atoms with Crippen LogP contribution >= 0.6 is 23.5 Å². The first-order chi connectivity index (χ1) is 6.33. The predicted octanol–water partition coefficient (Wildman–Crippen LogP) is 2.02. The Morgan fingerprint density at radius 2 is 1.71 bits per heavy atom. The lowest BCUT2D eigenvalue weighted by atomic mass is 9.96. The summed E-state index contributed by atoms with van der Waals surface area (Å²) < 4.78 is 10.5. The van der Waals surface area contributed by atoms with Crippen LogP contribution in [0, 0.1) is 0 Å². The average molecular weight is 285 g/mol. The summed E-state index contributed by atoms with van der Waals surface area (Å²) in [6.45, 7) is 4.20. The largest absolute Gasteiger partial charge is 0.811 e. The first-order valence-electron chi connectivity index (χ1n) is 5.03. The van der Waals surface area contributed by atoms with Gasteiger partial charge >= 0.3 is 0 Å². The highest BCUT2D eigenvalue weighted by molar-refractivity contribution is 9.10. The van der Waals surface area contributed by atoms with Crippen molar-refractivity contribution in [2.75, 3.05) is 6.16 Å². The molecule has 86 valence electrons. The Labute approximate surface area is 94.6 Å². The van der Waals surface area contributed by atoms with Gasteiger partial charge in [-0.05, 0) is 31.8 Å². The second-order valence-corrected chi connectivity index (χ2v) is 7.00. The highest BCUT2D eigenvalue weighted by atomic mass is 79.9. The molecule has 0 saturated heterocycles. The van der Waals surface area contributed by atoms with Crippen LogP contribution in [0.1, 0.15) is 46.0 Å². The van der Waals surface area contributed by atoms with E-state index in [-0.39, 0.29) is 10.5 Å². The average Bonchev–Trinajstić information content (AvgIpc) is 2.11. The molecule has 0 spiro atoms. The Bertz CT molecular complexity index is 198. The molecule has 3 nitrogen and oxygen atoms in total. The maximum atomic E-state index is 10.4. The van der Waals surface area contributed by atoms with Gasteiger partial charge < -0.3 is 14.4 Å². The maximum Gasteiger partial charge on any atom is 0.0252 e. The number of alkyl halides is 1. The number of halogens is 1. The van der Waals surface area contributed by atoms with E-state index in [4.69, 9.17) is 0 Å². The van der Waals surface area contributed by atoms with Crippen molar-refractivity contribution in [3.8, 4) is 0 Å². The van der Waals surface area contributed by atoms with E-state index in [1.165, 1.54) is 0 Å². The summed E-state index contributed by atoms with van der Waals surface area (Å²) in [4.78, 5) is 20.7. The fourth-order valence-corrected chi connectivity index (χ4v) is 2.24. The van der Waals surface area contributed by atoms with E-state index < -0.39 is 7.60 Å². The SMILES string of the molecule is CCC(Br)(CC)CCCCP(=O)([O-])[O-]. The van der Waals surface area contributed by atoms with Crippen molar-refractivity contribution in [2.24, 2.45) is 0 Å². The van der Waals surface area contributed by atoms with Crippen molar-refractivity contribution in [2.45, 2.75) is 50.3 Å². The van der Waals surface area contributed by atoms with Gasteiger partial charge in [0.15, 0.2) is 0 Å². The van der Waals surface area contributed by atoms with E-state index in [9.17, 15) is 14.4 Å². The number of unbranched alkanes of at least 4 members (excludes halogenated alkanes) is 1. The van der Waals surface area contributed by atoms with Gasteiger partial charge in [0.05, 0.1) is 0 Å². The van der Waals surface area contributed by atoms with Crippen molar-refractivity contribution >= 4 is 23.5 Å². The molecule has 0 aliphatic carbocycles. The van der Waals surface area contributed by atoms with Crippen LogP contribution in [-0.4, -0.2) is 10.5 Å². The molecule has 0 bridgehead atoms. The van der Waals surface area contributed by atoms with E-state index in [1.54, 1.807) is 0 Å². The molecule has 14 heavy (non-hydrogen) atoms. The number of hydrogen-bond acceptors (Lipinski definition) is 3. The van der Waals surface area contributed by atoms with E-state index >= 15 is 0 Å². The van der Waals surface area contributed by atoms with Crippen molar-refractivity contribution in [1.82, 2.24) is 0 Å². The summed E-state index contributed by atoms with van der Waals surface area (Å²) in [5, 5.41) is 0. The number of hydrogen-bond donors (Lipinski definition) is 0. The van der Waals surface area contributed by atoms with Crippen LogP contribution in [-0.2, 0) is 4.57 Å². The predicted molar refractivity (Wildman–Crippen MR) is 58.6 cm³/mol. The van der Waals surface area contributed by atoms with Gasteiger partial charge in [-0.2, -0.15) is 0 Å². The van der Waals surface area contributed by atoms with Crippen LogP contribution in [0.5, 0.6) is 0 Å². The molecule has 5 heteroatoms. The molecule has 0 unspecified atom stereocenters. The van der Waals surface area contributed by atoms with Gasteiger partial charge in [0, 0.05) is 4.32 Å². The van der Waals surface area contributed by atoms with E-state index in [0.717, 1.165) is 25.7 Å². The summed E-state index contributed by atoms with van der Waals surface area (Å²) in [7, 11) is -4.28. The monoisotopic (exact) mass is 284 g/mol. The highest BCUT2D eigenvalue weighted by Crippen LogP contribution is 2.33. The van der Waals surface area contributed by atoms with Crippen molar-refractivity contribution < 1.29 is 14.4 Å². The lowest BCUT2D eigenvalue weighted by Crippen LogP contribution is -2.19. The lowest BCUT2D eigenvalue weighted by Gasteiger charge is -2.30. The lowest BCUT2D eigenvalue weighted by molar-refractivity contribution is -0.313. The zero-order valence-corrected chi connectivity index (χ0v) is 11.3. The van der Waals surface area contributed by atoms with Gasteiger partial charge in [0.2, 0.25) is 0 Å². The van der Waals surface area contributed by atoms with E-state index in [2.05, 4.69) is 29.8 Å². The Kier molecular flexibility index (Phi) is 6.55. The molecule has 0 amide bonds. The van der Waals surface area contributed by atoms with Gasteiger partial charge in [0.25, 0.3) is 0 Å². The normalized spacial score (nSPS) is 13.2. The molecule has 0 N–H and O–H groups in total. The molecule has 0 aromatic heterocycles. The van der Waals surface area contributed by atoms with Gasteiger partial charge in [0.1, 0.15) is 0 Å².